The zero-order chi connectivity index (χ0) is 11.7. The lowest BCUT2D eigenvalue weighted by atomic mass is 9.71. The molecule has 3 aliphatic rings. The smallest absolute Gasteiger partial charge is 0.0105 e. The van der Waals surface area contributed by atoms with Crippen LogP contribution in [-0.2, 0) is 0 Å². The molecule has 0 unspecified atom stereocenters. The Labute approximate surface area is 105 Å². The molecule has 0 aromatic carbocycles. The molecule has 2 heterocycles. The molecule has 2 N–H and O–H groups in total. The Balaban J connectivity index is 1.45. The first kappa shape index (κ1) is 11.9. The maximum Gasteiger partial charge on any atom is 0.0105 e. The van der Waals surface area contributed by atoms with E-state index in [9.17, 15) is 0 Å². The van der Waals surface area contributed by atoms with Gasteiger partial charge in [-0.3, -0.25) is 0 Å². The first-order valence-electron chi connectivity index (χ1n) is 7.48. The molecule has 3 heteroatoms. The first-order chi connectivity index (χ1) is 8.31. The van der Waals surface area contributed by atoms with Crippen LogP contribution in [0.3, 0.4) is 0 Å². The molecule has 98 valence electrons. The van der Waals surface area contributed by atoms with Crippen LogP contribution in [0.1, 0.15) is 38.5 Å². The average molecular weight is 237 g/mol. The van der Waals surface area contributed by atoms with Crippen molar-refractivity contribution in [3.8, 4) is 0 Å². The SMILES string of the molecule is NCCN1CC2(CCN(C3CCCC3)CC2)C1. The molecule has 1 spiro atoms. The predicted octanol–water partition coefficient (Wildman–Crippen LogP) is 1.29. The van der Waals surface area contributed by atoms with E-state index in [4.69, 9.17) is 5.73 Å². The number of hydrogen-bond acceptors (Lipinski definition) is 3. The third-order valence-corrected chi connectivity index (χ3v) is 5.26. The molecule has 0 bridgehead atoms. The fraction of sp³-hybridized carbons (Fsp3) is 1.00. The van der Waals surface area contributed by atoms with Crippen molar-refractivity contribution in [1.82, 2.24) is 9.80 Å². The van der Waals surface area contributed by atoms with Gasteiger partial charge in [-0.15, -0.1) is 0 Å². The zero-order valence-corrected chi connectivity index (χ0v) is 11.0. The maximum absolute atomic E-state index is 5.61. The van der Waals surface area contributed by atoms with E-state index < -0.39 is 0 Å². The molecule has 17 heavy (non-hydrogen) atoms. The van der Waals surface area contributed by atoms with Gasteiger partial charge in [-0.25, -0.2) is 0 Å². The van der Waals surface area contributed by atoms with Crippen molar-refractivity contribution in [1.29, 1.82) is 0 Å². The highest BCUT2D eigenvalue weighted by Crippen LogP contribution is 2.41. The average Bonchev–Trinajstić information content (AvgIpc) is 2.82. The van der Waals surface area contributed by atoms with Gasteiger partial charge in [0.15, 0.2) is 0 Å². The minimum absolute atomic E-state index is 0.685. The van der Waals surface area contributed by atoms with Gasteiger partial charge in [0.05, 0.1) is 0 Å². The van der Waals surface area contributed by atoms with Crippen LogP contribution >= 0.6 is 0 Å². The van der Waals surface area contributed by atoms with E-state index in [0.29, 0.717) is 5.41 Å². The van der Waals surface area contributed by atoms with E-state index in [-0.39, 0.29) is 0 Å². The van der Waals surface area contributed by atoms with Gasteiger partial charge in [0, 0.05) is 32.2 Å². The summed E-state index contributed by atoms with van der Waals surface area (Å²) in [5.41, 5.74) is 6.30. The lowest BCUT2D eigenvalue weighted by Gasteiger charge is -2.55. The summed E-state index contributed by atoms with van der Waals surface area (Å²) >= 11 is 0. The van der Waals surface area contributed by atoms with E-state index in [0.717, 1.165) is 19.1 Å². The summed E-state index contributed by atoms with van der Waals surface area (Å²) in [6.45, 7) is 7.30. The normalized spacial score (nSPS) is 30.9. The standard InChI is InChI=1S/C14H27N3/c15-7-10-16-11-14(12-16)5-8-17(9-6-14)13-3-1-2-4-13/h13H,1-12,15H2. The van der Waals surface area contributed by atoms with Crippen molar-refractivity contribution in [2.75, 3.05) is 39.3 Å². The van der Waals surface area contributed by atoms with Crippen LogP contribution in [0.2, 0.25) is 0 Å². The number of hydrogen-bond donors (Lipinski definition) is 1. The van der Waals surface area contributed by atoms with E-state index >= 15 is 0 Å². The Morgan fingerprint density at radius 3 is 2.29 bits per heavy atom. The summed E-state index contributed by atoms with van der Waals surface area (Å²) in [6, 6.07) is 0.938. The van der Waals surface area contributed by atoms with Gasteiger partial charge >= 0.3 is 0 Å². The van der Waals surface area contributed by atoms with E-state index in [1.54, 1.807) is 0 Å². The zero-order valence-electron chi connectivity index (χ0n) is 11.0. The third kappa shape index (κ3) is 2.38. The first-order valence-corrected chi connectivity index (χ1v) is 7.48. The minimum Gasteiger partial charge on any atom is -0.329 e. The summed E-state index contributed by atoms with van der Waals surface area (Å²) in [7, 11) is 0. The lowest BCUT2D eigenvalue weighted by Crippen LogP contribution is -2.61. The highest BCUT2D eigenvalue weighted by atomic mass is 15.2. The van der Waals surface area contributed by atoms with Crippen molar-refractivity contribution in [2.24, 2.45) is 11.1 Å². The number of rotatable bonds is 3. The van der Waals surface area contributed by atoms with Crippen LogP contribution in [0.25, 0.3) is 0 Å². The molecule has 2 aliphatic heterocycles. The van der Waals surface area contributed by atoms with Crippen LogP contribution < -0.4 is 5.73 Å². The molecule has 0 radical (unpaired) electrons. The number of nitrogens with zero attached hydrogens (tertiary/aromatic N) is 2. The second-order valence-corrected chi connectivity index (χ2v) is 6.47. The molecule has 1 aliphatic carbocycles. The highest BCUT2D eigenvalue weighted by Gasteiger charge is 2.44. The molecule has 0 aromatic rings. The van der Waals surface area contributed by atoms with Crippen LogP contribution in [0, 0.1) is 5.41 Å². The van der Waals surface area contributed by atoms with Gasteiger partial charge < -0.3 is 15.5 Å². The fourth-order valence-corrected chi connectivity index (χ4v) is 4.19. The highest BCUT2D eigenvalue weighted by molar-refractivity contribution is 4.99. The predicted molar refractivity (Wildman–Crippen MR) is 71.0 cm³/mol. The monoisotopic (exact) mass is 237 g/mol. The summed E-state index contributed by atoms with van der Waals surface area (Å²) in [5.74, 6) is 0. The Bertz CT molecular complexity index is 244. The second kappa shape index (κ2) is 4.87. The molecule has 3 nitrogen and oxygen atoms in total. The minimum atomic E-state index is 0.685. The van der Waals surface area contributed by atoms with E-state index in [1.165, 1.54) is 64.7 Å². The van der Waals surface area contributed by atoms with Crippen molar-refractivity contribution in [2.45, 2.75) is 44.6 Å². The van der Waals surface area contributed by atoms with Crippen LogP contribution in [0.5, 0.6) is 0 Å². The second-order valence-electron chi connectivity index (χ2n) is 6.47. The molecular weight excluding hydrogens is 210 g/mol. The van der Waals surface area contributed by atoms with Crippen LogP contribution in [0.15, 0.2) is 0 Å². The summed E-state index contributed by atoms with van der Waals surface area (Å²) in [6.07, 6.45) is 8.74. The molecule has 0 atom stereocenters. The lowest BCUT2D eigenvalue weighted by molar-refractivity contribution is -0.0514. The van der Waals surface area contributed by atoms with Crippen molar-refractivity contribution >= 4 is 0 Å². The van der Waals surface area contributed by atoms with Gasteiger partial charge in [-0.2, -0.15) is 0 Å². The van der Waals surface area contributed by atoms with Gasteiger partial charge in [0.25, 0.3) is 0 Å². The van der Waals surface area contributed by atoms with Crippen molar-refractivity contribution < 1.29 is 0 Å². The quantitative estimate of drug-likeness (QED) is 0.803. The van der Waals surface area contributed by atoms with Crippen LogP contribution in [-0.4, -0.2) is 55.1 Å². The Hall–Kier alpha value is -0.120. The maximum atomic E-state index is 5.61. The number of likely N-dealkylation sites (tertiary alicyclic amines) is 2. The third-order valence-electron chi connectivity index (χ3n) is 5.26. The molecule has 0 aromatic heterocycles. The van der Waals surface area contributed by atoms with Gasteiger partial charge in [0.1, 0.15) is 0 Å². The molecular formula is C14H27N3. The van der Waals surface area contributed by atoms with Crippen LogP contribution in [0.4, 0.5) is 0 Å². The number of piperidine rings is 1. The van der Waals surface area contributed by atoms with E-state index in [1.807, 2.05) is 0 Å². The summed E-state index contributed by atoms with van der Waals surface area (Å²) in [5, 5.41) is 0. The molecule has 2 saturated heterocycles. The largest absolute Gasteiger partial charge is 0.329 e. The van der Waals surface area contributed by atoms with Gasteiger partial charge in [0.2, 0.25) is 0 Å². The van der Waals surface area contributed by atoms with Gasteiger partial charge in [-0.1, -0.05) is 12.8 Å². The number of nitrogens with two attached hydrogens (primary N) is 1. The Morgan fingerprint density at radius 2 is 1.71 bits per heavy atom. The molecule has 1 saturated carbocycles. The summed E-state index contributed by atoms with van der Waals surface area (Å²) < 4.78 is 0. The van der Waals surface area contributed by atoms with Gasteiger partial charge in [-0.05, 0) is 44.2 Å². The molecule has 3 fully saturated rings. The van der Waals surface area contributed by atoms with Crippen molar-refractivity contribution in [3.05, 3.63) is 0 Å². The fourth-order valence-electron chi connectivity index (χ4n) is 4.19. The Kier molecular flexibility index (Phi) is 3.42. The Morgan fingerprint density at radius 1 is 1.06 bits per heavy atom. The van der Waals surface area contributed by atoms with Crippen molar-refractivity contribution in [3.63, 3.8) is 0 Å². The van der Waals surface area contributed by atoms with E-state index in [2.05, 4.69) is 9.80 Å². The summed E-state index contributed by atoms with van der Waals surface area (Å²) in [4.78, 5) is 5.31. The molecule has 0 amide bonds. The molecule has 3 rings (SSSR count). The topological polar surface area (TPSA) is 32.5 Å².